The molecule has 0 aromatic heterocycles. The molecule has 3 rings (SSSR count). The summed E-state index contributed by atoms with van der Waals surface area (Å²) in [6, 6.07) is 3.38. The predicted octanol–water partition coefficient (Wildman–Crippen LogP) is 1.62. The van der Waals surface area contributed by atoms with Crippen LogP contribution in [0.1, 0.15) is 6.42 Å². The summed E-state index contributed by atoms with van der Waals surface area (Å²) >= 11 is 12.0. The molecule has 8 nitrogen and oxygen atoms in total. The summed E-state index contributed by atoms with van der Waals surface area (Å²) in [7, 11) is 0. The van der Waals surface area contributed by atoms with Crippen molar-refractivity contribution in [3.05, 3.63) is 28.2 Å². The van der Waals surface area contributed by atoms with Crippen molar-refractivity contribution < 1.29 is 24.6 Å². The van der Waals surface area contributed by atoms with Gasteiger partial charge < -0.3 is 26.6 Å². The first-order chi connectivity index (χ1) is 11.7. The Balaban J connectivity index is 1.74. The topological polar surface area (TPSA) is 142 Å². The molecule has 0 aliphatic heterocycles. The quantitative estimate of drug-likeness (QED) is 0.531. The minimum absolute atomic E-state index is 0.0505. The van der Waals surface area contributed by atoms with E-state index in [0.29, 0.717) is 0 Å². The van der Waals surface area contributed by atoms with Crippen molar-refractivity contribution >= 4 is 46.9 Å². The van der Waals surface area contributed by atoms with Gasteiger partial charge in [0.05, 0.1) is 21.7 Å². The number of hydrogen-bond acceptors (Lipinski definition) is 4. The Labute approximate surface area is 152 Å². The second-order valence-corrected chi connectivity index (χ2v) is 7.13. The molecule has 2 aliphatic carbocycles. The summed E-state index contributed by atoms with van der Waals surface area (Å²) in [5, 5.41) is 24.1. The molecule has 1 aromatic rings. The number of carbonyl (C=O) groups is 3. The lowest BCUT2D eigenvalue weighted by atomic mass is 9.90. The predicted molar refractivity (Wildman–Crippen MR) is 89.7 cm³/mol. The minimum atomic E-state index is -1.67. The lowest BCUT2D eigenvalue weighted by molar-refractivity contribution is -0.145. The third-order valence-corrected chi connectivity index (χ3v) is 5.52. The monoisotopic (exact) mass is 387 g/mol. The van der Waals surface area contributed by atoms with Gasteiger partial charge in [0.1, 0.15) is 5.54 Å². The number of benzene rings is 1. The first-order valence-corrected chi connectivity index (χ1v) is 8.19. The number of nitrogens with two attached hydrogens (primary N) is 1. The van der Waals surface area contributed by atoms with Gasteiger partial charge in [-0.1, -0.05) is 29.3 Å². The third-order valence-electron chi connectivity index (χ3n) is 4.89. The maximum atomic E-state index is 12.2. The van der Waals surface area contributed by atoms with E-state index in [9.17, 15) is 24.6 Å². The highest BCUT2D eigenvalue weighted by Crippen LogP contribution is 2.61. The van der Waals surface area contributed by atoms with Gasteiger partial charge in [-0.25, -0.2) is 4.79 Å². The number of nitrogens with one attached hydrogen (secondary N) is 2. The number of anilines is 1. The van der Waals surface area contributed by atoms with Crippen molar-refractivity contribution in [2.45, 2.75) is 18.0 Å². The van der Waals surface area contributed by atoms with Crippen molar-refractivity contribution in [1.82, 2.24) is 5.32 Å². The van der Waals surface area contributed by atoms with Gasteiger partial charge in [0.25, 0.3) is 0 Å². The number of carbonyl (C=O) groups excluding carboxylic acids is 1. The van der Waals surface area contributed by atoms with E-state index in [1.807, 2.05) is 0 Å². The number of fused-ring (bicyclic) bond motifs is 1. The molecule has 134 valence electrons. The summed E-state index contributed by atoms with van der Waals surface area (Å²) in [5.41, 5.74) is 4.44. The van der Waals surface area contributed by atoms with Crippen LogP contribution in [-0.4, -0.2) is 39.8 Å². The molecule has 0 saturated heterocycles. The molecule has 5 atom stereocenters. The highest BCUT2D eigenvalue weighted by Gasteiger charge is 2.74. The molecule has 0 heterocycles. The number of aliphatic carboxylic acids is 2. The van der Waals surface area contributed by atoms with Crippen molar-refractivity contribution in [3.8, 4) is 0 Å². The average molecular weight is 388 g/mol. The highest BCUT2D eigenvalue weighted by atomic mass is 35.5. The SMILES string of the molecule is NC1(C(=O)O)CC(NC(=O)Nc2c(Cl)cccc2Cl)C2C(C(=O)O)C21. The number of carboxylic acid groups (broad SMARTS) is 2. The number of para-hydroxylation sites is 1. The Hall–Kier alpha value is -2.03. The molecule has 0 spiro atoms. The van der Waals surface area contributed by atoms with Gasteiger partial charge in [-0.3, -0.25) is 9.59 Å². The molecule has 2 saturated carbocycles. The standard InChI is InChI=1S/C15H15Cl2N3O5/c16-5-2-1-3-6(17)11(5)20-14(25)19-7-4-15(18,13(23)24)10-8(7)9(10)12(21)22/h1-3,7-10H,4,18H2,(H,21,22)(H,23,24)(H2,19,20,25). The Morgan fingerprint density at radius 3 is 2.32 bits per heavy atom. The van der Waals surface area contributed by atoms with Gasteiger partial charge >= 0.3 is 18.0 Å². The summed E-state index contributed by atoms with van der Waals surface area (Å²) in [4.78, 5) is 35.0. The van der Waals surface area contributed by atoms with Crippen LogP contribution < -0.4 is 16.4 Å². The zero-order valence-electron chi connectivity index (χ0n) is 12.7. The van der Waals surface area contributed by atoms with Crippen molar-refractivity contribution in [2.75, 3.05) is 5.32 Å². The Morgan fingerprint density at radius 1 is 1.20 bits per heavy atom. The van der Waals surface area contributed by atoms with Crippen LogP contribution >= 0.6 is 23.2 Å². The molecule has 2 aliphatic rings. The summed E-state index contributed by atoms with van der Waals surface area (Å²) in [6.07, 6.45) is -0.0505. The Kier molecular flexibility index (Phi) is 4.30. The van der Waals surface area contributed by atoms with Gasteiger partial charge in [0.2, 0.25) is 0 Å². The van der Waals surface area contributed by atoms with Crippen LogP contribution in [0.2, 0.25) is 10.0 Å². The maximum Gasteiger partial charge on any atom is 0.324 e. The van der Waals surface area contributed by atoms with Crippen LogP contribution in [0.15, 0.2) is 18.2 Å². The van der Waals surface area contributed by atoms with Crippen LogP contribution in [0.4, 0.5) is 10.5 Å². The number of hydrogen-bond donors (Lipinski definition) is 5. The molecule has 5 unspecified atom stereocenters. The van der Waals surface area contributed by atoms with Crippen molar-refractivity contribution in [2.24, 2.45) is 23.5 Å². The Bertz CT molecular complexity index is 753. The van der Waals surface area contributed by atoms with Gasteiger partial charge in [-0.2, -0.15) is 0 Å². The largest absolute Gasteiger partial charge is 0.481 e. The number of urea groups is 1. The van der Waals surface area contributed by atoms with Gasteiger partial charge in [-0.05, 0) is 24.5 Å². The van der Waals surface area contributed by atoms with Crippen LogP contribution in [0.25, 0.3) is 0 Å². The lowest BCUT2D eigenvalue weighted by Crippen LogP contribution is -2.52. The smallest absolute Gasteiger partial charge is 0.324 e. The van der Waals surface area contributed by atoms with Gasteiger partial charge in [0.15, 0.2) is 0 Å². The fraction of sp³-hybridized carbons (Fsp3) is 0.400. The number of amides is 2. The number of rotatable bonds is 4. The molecule has 2 fully saturated rings. The Morgan fingerprint density at radius 2 is 1.80 bits per heavy atom. The maximum absolute atomic E-state index is 12.2. The van der Waals surface area contributed by atoms with Crippen LogP contribution in [0.3, 0.4) is 0 Å². The van der Waals surface area contributed by atoms with E-state index in [4.69, 9.17) is 28.9 Å². The number of carboxylic acids is 2. The number of halogens is 2. The van der Waals surface area contributed by atoms with E-state index in [1.54, 1.807) is 18.2 Å². The zero-order valence-corrected chi connectivity index (χ0v) is 14.2. The average Bonchev–Trinajstić information content (AvgIpc) is 3.20. The zero-order chi connectivity index (χ0) is 18.5. The second-order valence-electron chi connectivity index (χ2n) is 6.32. The molecule has 25 heavy (non-hydrogen) atoms. The highest BCUT2D eigenvalue weighted by molar-refractivity contribution is 6.39. The van der Waals surface area contributed by atoms with E-state index >= 15 is 0 Å². The molecule has 1 aromatic carbocycles. The van der Waals surface area contributed by atoms with E-state index in [0.717, 1.165) is 0 Å². The second kappa shape index (κ2) is 6.05. The minimum Gasteiger partial charge on any atom is -0.481 e. The van der Waals surface area contributed by atoms with E-state index < -0.39 is 47.3 Å². The van der Waals surface area contributed by atoms with Gasteiger partial charge in [-0.15, -0.1) is 0 Å². The van der Waals surface area contributed by atoms with Crippen LogP contribution in [0.5, 0.6) is 0 Å². The molecule has 0 radical (unpaired) electrons. The van der Waals surface area contributed by atoms with Gasteiger partial charge in [0, 0.05) is 12.0 Å². The van der Waals surface area contributed by atoms with Crippen LogP contribution in [-0.2, 0) is 9.59 Å². The summed E-state index contributed by atoms with van der Waals surface area (Å²) < 4.78 is 0. The van der Waals surface area contributed by atoms with E-state index in [-0.39, 0.29) is 22.2 Å². The van der Waals surface area contributed by atoms with E-state index in [1.165, 1.54) is 0 Å². The normalized spacial score (nSPS) is 32.6. The molecular formula is C15H15Cl2N3O5. The van der Waals surface area contributed by atoms with Crippen molar-refractivity contribution in [3.63, 3.8) is 0 Å². The summed E-state index contributed by atoms with van der Waals surface area (Å²) in [5.74, 6) is -4.51. The summed E-state index contributed by atoms with van der Waals surface area (Å²) in [6.45, 7) is 0. The third kappa shape index (κ3) is 2.90. The fourth-order valence-electron chi connectivity index (χ4n) is 3.77. The van der Waals surface area contributed by atoms with E-state index in [2.05, 4.69) is 10.6 Å². The molecule has 2 amide bonds. The van der Waals surface area contributed by atoms with Crippen LogP contribution in [0, 0.1) is 17.8 Å². The molecule has 10 heteroatoms. The first-order valence-electron chi connectivity index (χ1n) is 7.43. The first kappa shape index (κ1) is 17.8. The lowest BCUT2D eigenvalue weighted by Gasteiger charge is -2.25. The van der Waals surface area contributed by atoms with Crippen molar-refractivity contribution in [1.29, 1.82) is 0 Å². The molecule has 6 N–H and O–H groups in total. The molecular weight excluding hydrogens is 373 g/mol. The molecule has 0 bridgehead atoms. The fourth-order valence-corrected chi connectivity index (χ4v) is 4.26.